The van der Waals surface area contributed by atoms with Gasteiger partial charge < -0.3 is 10.4 Å². The van der Waals surface area contributed by atoms with Crippen molar-refractivity contribution in [3.05, 3.63) is 35.4 Å². The first-order valence-corrected chi connectivity index (χ1v) is 5.55. The number of hydrogen-bond donors (Lipinski definition) is 2. The number of carboxylic acid groups (broad SMARTS) is 1. The predicted molar refractivity (Wildman–Crippen MR) is 64.7 cm³/mol. The lowest BCUT2D eigenvalue weighted by atomic mass is 9.96. The first kappa shape index (κ1) is 12.7. The molecular weight excluding hydrogens is 202 g/mol. The van der Waals surface area contributed by atoms with Crippen LogP contribution in [0.15, 0.2) is 24.3 Å². The number of rotatable bonds is 5. The lowest BCUT2D eigenvalue weighted by Crippen LogP contribution is -2.18. The molecule has 0 saturated carbocycles. The molecule has 0 bridgehead atoms. The molecule has 0 aliphatic heterocycles. The molecule has 1 aromatic carbocycles. The Labute approximate surface area is 96.5 Å². The van der Waals surface area contributed by atoms with Gasteiger partial charge in [0.05, 0.1) is 5.56 Å². The summed E-state index contributed by atoms with van der Waals surface area (Å²) >= 11 is 0. The molecule has 0 radical (unpaired) electrons. The first-order valence-electron chi connectivity index (χ1n) is 5.55. The summed E-state index contributed by atoms with van der Waals surface area (Å²) < 4.78 is 0. The Kier molecular flexibility index (Phi) is 4.50. The molecule has 1 aromatic rings. The van der Waals surface area contributed by atoms with Gasteiger partial charge >= 0.3 is 5.97 Å². The molecule has 0 saturated heterocycles. The maximum absolute atomic E-state index is 10.7. The Hall–Kier alpha value is -1.35. The van der Waals surface area contributed by atoms with Crippen molar-refractivity contribution < 1.29 is 9.90 Å². The van der Waals surface area contributed by atoms with E-state index in [1.54, 1.807) is 12.1 Å². The van der Waals surface area contributed by atoms with Crippen molar-refractivity contribution in [1.29, 1.82) is 0 Å². The summed E-state index contributed by atoms with van der Waals surface area (Å²) in [6.45, 7) is 4.35. The van der Waals surface area contributed by atoms with E-state index in [9.17, 15) is 4.79 Å². The fourth-order valence-electron chi connectivity index (χ4n) is 1.75. The molecule has 3 heteroatoms. The molecule has 16 heavy (non-hydrogen) atoms. The number of carbonyl (C=O) groups is 1. The van der Waals surface area contributed by atoms with Crippen LogP contribution in [0.2, 0.25) is 0 Å². The summed E-state index contributed by atoms with van der Waals surface area (Å²) in [5.74, 6) is -0.270. The van der Waals surface area contributed by atoms with Crippen molar-refractivity contribution in [3.8, 4) is 0 Å². The average Bonchev–Trinajstić information content (AvgIpc) is 2.25. The zero-order chi connectivity index (χ0) is 12.1. The second kappa shape index (κ2) is 5.66. The lowest BCUT2D eigenvalue weighted by molar-refractivity contribution is 0.0697. The van der Waals surface area contributed by atoms with Gasteiger partial charge in [-0.2, -0.15) is 0 Å². The maximum Gasteiger partial charge on any atom is 0.335 e. The molecular formula is C13H19NO2. The average molecular weight is 221 g/mol. The molecule has 0 aromatic heterocycles. The Balaban J connectivity index is 2.82. The van der Waals surface area contributed by atoms with E-state index in [0.717, 1.165) is 12.0 Å². The van der Waals surface area contributed by atoms with Gasteiger partial charge in [0.15, 0.2) is 0 Å². The quantitative estimate of drug-likeness (QED) is 0.803. The summed E-state index contributed by atoms with van der Waals surface area (Å²) in [5.41, 5.74) is 1.48. The van der Waals surface area contributed by atoms with Crippen LogP contribution in [0.4, 0.5) is 0 Å². The van der Waals surface area contributed by atoms with Gasteiger partial charge in [0.25, 0.3) is 0 Å². The summed E-state index contributed by atoms with van der Waals surface area (Å²) in [4.78, 5) is 10.7. The summed E-state index contributed by atoms with van der Waals surface area (Å²) in [6.07, 6.45) is 1.04. The number of carboxylic acids is 1. The van der Waals surface area contributed by atoms with E-state index < -0.39 is 5.97 Å². The van der Waals surface area contributed by atoms with E-state index >= 15 is 0 Å². The van der Waals surface area contributed by atoms with Crippen LogP contribution >= 0.6 is 0 Å². The third kappa shape index (κ3) is 3.35. The van der Waals surface area contributed by atoms with Gasteiger partial charge in [0, 0.05) is 6.04 Å². The SMILES string of the molecule is CNC(CC(C)C)c1ccc(C(=O)O)cc1. The summed E-state index contributed by atoms with van der Waals surface area (Å²) in [5, 5.41) is 12.1. The number of nitrogens with one attached hydrogen (secondary N) is 1. The fraction of sp³-hybridized carbons (Fsp3) is 0.462. The van der Waals surface area contributed by atoms with Crippen molar-refractivity contribution >= 4 is 5.97 Å². The molecule has 3 nitrogen and oxygen atoms in total. The molecule has 1 rings (SSSR count). The predicted octanol–water partition coefficient (Wildman–Crippen LogP) is 2.69. The van der Waals surface area contributed by atoms with E-state index in [0.29, 0.717) is 17.5 Å². The molecule has 0 aliphatic carbocycles. The highest BCUT2D eigenvalue weighted by Gasteiger charge is 2.11. The third-order valence-electron chi connectivity index (χ3n) is 2.62. The molecule has 1 unspecified atom stereocenters. The van der Waals surface area contributed by atoms with E-state index in [2.05, 4.69) is 19.2 Å². The monoisotopic (exact) mass is 221 g/mol. The minimum atomic E-state index is -0.878. The first-order chi connectivity index (χ1) is 7.54. The number of hydrogen-bond acceptors (Lipinski definition) is 2. The fourth-order valence-corrected chi connectivity index (χ4v) is 1.75. The largest absolute Gasteiger partial charge is 0.478 e. The van der Waals surface area contributed by atoms with Gasteiger partial charge in [-0.1, -0.05) is 26.0 Å². The minimum Gasteiger partial charge on any atom is -0.478 e. The lowest BCUT2D eigenvalue weighted by Gasteiger charge is -2.18. The second-order valence-electron chi connectivity index (χ2n) is 4.40. The third-order valence-corrected chi connectivity index (χ3v) is 2.62. The Morgan fingerprint density at radius 3 is 2.25 bits per heavy atom. The van der Waals surface area contributed by atoms with Crippen LogP contribution in [0.25, 0.3) is 0 Å². The van der Waals surface area contributed by atoms with Gasteiger partial charge in [-0.3, -0.25) is 0 Å². The molecule has 88 valence electrons. The molecule has 0 spiro atoms. The number of aromatic carboxylic acids is 1. The smallest absolute Gasteiger partial charge is 0.335 e. The molecule has 0 amide bonds. The molecule has 1 atom stereocenters. The summed E-state index contributed by atoms with van der Waals surface area (Å²) in [6, 6.07) is 7.37. The highest BCUT2D eigenvalue weighted by molar-refractivity contribution is 5.87. The maximum atomic E-state index is 10.7. The summed E-state index contributed by atoms with van der Waals surface area (Å²) in [7, 11) is 1.93. The van der Waals surface area contributed by atoms with Crippen molar-refractivity contribution in [3.63, 3.8) is 0 Å². The Bertz CT molecular complexity index is 343. The number of benzene rings is 1. The molecule has 0 aliphatic rings. The van der Waals surface area contributed by atoms with E-state index in [1.807, 2.05) is 19.2 Å². The molecule has 2 N–H and O–H groups in total. The van der Waals surface area contributed by atoms with Crippen LogP contribution in [0.3, 0.4) is 0 Å². The van der Waals surface area contributed by atoms with Crippen molar-refractivity contribution in [1.82, 2.24) is 5.32 Å². The van der Waals surface area contributed by atoms with Crippen LogP contribution < -0.4 is 5.32 Å². The van der Waals surface area contributed by atoms with Crippen LogP contribution in [0, 0.1) is 5.92 Å². The normalized spacial score (nSPS) is 12.8. The Morgan fingerprint density at radius 1 is 1.31 bits per heavy atom. The molecule has 0 fully saturated rings. The highest BCUT2D eigenvalue weighted by Crippen LogP contribution is 2.21. The van der Waals surface area contributed by atoms with Gasteiger partial charge in [0.1, 0.15) is 0 Å². The van der Waals surface area contributed by atoms with E-state index in [1.165, 1.54) is 0 Å². The van der Waals surface area contributed by atoms with Crippen LogP contribution in [-0.4, -0.2) is 18.1 Å². The zero-order valence-corrected chi connectivity index (χ0v) is 10.0. The van der Waals surface area contributed by atoms with Crippen LogP contribution in [0.1, 0.15) is 42.2 Å². The van der Waals surface area contributed by atoms with Gasteiger partial charge in [-0.05, 0) is 37.1 Å². The minimum absolute atomic E-state index is 0.294. The van der Waals surface area contributed by atoms with E-state index in [4.69, 9.17) is 5.11 Å². The Morgan fingerprint density at radius 2 is 1.88 bits per heavy atom. The molecule has 0 heterocycles. The van der Waals surface area contributed by atoms with Gasteiger partial charge in [-0.15, -0.1) is 0 Å². The van der Waals surface area contributed by atoms with E-state index in [-0.39, 0.29) is 0 Å². The van der Waals surface area contributed by atoms with Crippen molar-refractivity contribution in [2.45, 2.75) is 26.3 Å². The van der Waals surface area contributed by atoms with Crippen LogP contribution in [0.5, 0.6) is 0 Å². The van der Waals surface area contributed by atoms with Gasteiger partial charge in [0.2, 0.25) is 0 Å². The van der Waals surface area contributed by atoms with Crippen LogP contribution in [-0.2, 0) is 0 Å². The van der Waals surface area contributed by atoms with Gasteiger partial charge in [-0.25, -0.2) is 4.79 Å². The van der Waals surface area contributed by atoms with Crippen molar-refractivity contribution in [2.24, 2.45) is 5.92 Å². The standard InChI is InChI=1S/C13H19NO2/c1-9(2)8-12(14-3)10-4-6-11(7-5-10)13(15)16/h4-7,9,12,14H,8H2,1-3H3,(H,15,16). The highest BCUT2D eigenvalue weighted by atomic mass is 16.4. The topological polar surface area (TPSA) is 49.3 Å². The second-order valence-corrected chi connectivity index (χ2v) is 4.40. The zero-order valence-electron chi connectivity index (χ0n) is 10.0. The van der Waals surface area contributed by atoms with Crippen molar-refractivity contribution in [2.75, 3.05) is 7.05 Å².